The van der Waals surface area contributed by atoms with Crippen LogP contribution in [0.4, 0.5) is 4.79 Å². The second-order valence-corrected chi connectivity index (χ2v) is 8.81. The number of rotatable bonds is 6. The molecule has 2 atom stereocenters. The molecule has 0 radical (unpaired) electrons. The number of benzene rings is 2. The first kappa shape index (κ1) is 22.9. The third kappa shape index (κ3) is 6.09. The van der Waals surface area contributed by atoms with E-state index < -0.39 is 0 Å². The van der Waals surface area contributed by atoms with Crippen LogP contribution in [-0.4, -0.2) is 36.0 Å². The number of nitrogens with one attached hydrogen (secondary N) is 2. The van der Waals surface area contributed by atoms with Gasteiger partial charge in [0.05, 0.1) is 6.04 Å². The first-order chi connectivity index (χ1) is 14.9. The van der Waals surface area contributed by atoms with Gasteiger partial charge >= 0.3 is 6.03 Å². The van der Waals surface area contributed by atoms with Gasteiger partial charge in [-0.2, -0.15) is 0 Å². The van der Waals surface area contributed by atoms with Crippen LogP contribution < -0.4 is 10.6 Å². The Morgan fingerprint density at radius 1 is 1.06 bits per heavy atom. The lowest BCUT2D eigenvalue weighted by molar-refractivity contribution is 0.0939. The van der Waals surface area contributed by atoms with Crippen LogP contribution in [0.15, 0.2) is 48.5 Å². The fraction of sp³-hybridized carbons (Fsp3) is 0.462. The monoisotopic (exact) mass is 421 g/mol. The fourth-order valence-electron chi connectivity index (χ4n) is 4.11. The van der Waals surface area contributed by atoms with E-state index in [0.717, 1.165) is 36.9 Å². The number of hydrogen-bond donors (Lipinski definition) is 2. The van der Waals surface area contributed by atoms with Crippen molar-refractivity contribution in [2.45, 2.75) is 65.0 Å². The lowest BCUT2D eigenvalue weighted by atomic mass is 9.89. The first-order valence-corrected chi connectivity index (χ1v) is 11.4. The molecule has 3 amide bonds. The number of urea groups is 1. The number of likely N-dealkylation sites (tertiary alicyclic amines) is 1. The van der Waals surface area contributed by atoms with Crippen molar-refractivity contribution < 1.29 is 9.59 Å². The Kier molecular flexibility index (Phi) is 7.72. The van der Waals surface area contributed by atoms with Crippen LogP contribution in [0.1, 0.15) is 79.5 Å². The van der Waals surface area contributed by atoms with Crippen LogP contribution >= 0.6 is 0 Å². The van der Waals surface area contributed by atoms with E-state index in [2.05, 4.69) is 47.9 Å². The molecule has 2 N–H and O–H groups in total. The summed E-state index contributed by atoms with van der Waals surface area (Å²) in [4.78, 5) is 27.2. The predicted octanol–water partition coefficient (Wildman–Crippen LogP) is 5.04. The third-order valence-electron chi connectivity index (χ3n) is 5.98. The number of nitrogens with zero attached hydrogens (tertiary/aromatic N) is 1. The summed E-state index contributed by atoms with van der Waals surface area (Å²) in [6.45, 7) is 9.55. The van der Waals surface area contributed by atoms with Crippen LogP contribution in [0.25, 0.3) is 0 Å². The molecule has 0 unspecified atom stereocenters. The summed E-state index contributed by atoms with van der Waals surface area (Å²) in [5, 5.41) is 6.10. The molecule has 2 aromatic carbocycles. The summed E-state index contributed by atoms with van der Waals surface area (Å²) >= 11 is 0. The van der Waals surface area contributed by atoms with Crippen molar-refractivity contribution >= 4 is 11.9 Å². The van der Waals surface area contributed by atoms with E-state index in [1.165, 1.54) is 5.56 Å². The average molecular weight is 422 g/mol. The lowest BCUT2D eigenvalue weighted by Crippen LogP contribution is -2.47. The zero-order valence-electron chi connectivity index (χ0n) is 19.2. The molecule has 3 rings (SSSR count). The normalized spacial score (nSPS) is 17.3. The topological polar surface area (TPSA) is 61.4 Å². The van der Waals surface area contributed by atoms with Crippen molar-refractivity contribution in [1.29, 1.82) is 0 Å². The van der Waals surface area contributed by atoms with E-state index in [9.17, 15) is 9.59 Å². The minimum atomic E-state index is -0.0702. The van der Waals surface area contributed by atoms with Gasteiger partial charge in [0.15, 0.2) is 0 Å². The molecule has 5 nitrogen and oxygen atoms in total. The second-order valence-electron chi connectivity index (χ2n) is 8.81. The molecule has 1 aliphatic heterocycles. The SMILES string of the molecule is CCc1ccc([C@@H](C)NC(=O)c2cccc([C@H]3CCCN(C(=O)NC(C)C)C3)c2)cc1. The zero-order valence-corrected chi connectivity index (χ0v) is 19.2. The van der Waals surface area contributed by atoms with Gasteiger partial charge in [0.2, 0.25) is 0 Å². The molecule has 31 heavy (non-hydrogen) atoms. The smallest absolute Gasteiger partial charge is 0.317 e. The van der Waals surface area contributed by atoms with Crippen molar-refractivity contribution in [3.63, 3.8) is 0 Å². The van der Waals surface area contributed by atoms with Gasteiger partial charge in [0.25, 0.3) is 5.91 Å². The van der Waals surface area contributed by atoms with Crippen LogP contribution in [-0.2, 0) is 6.42 Å². The number of amides is 3. The summed E-state index contributed by atoms with van der Waals surface area (Å²) in [6.07, 6.45) is 3.00. The van der Waals surface area contributed by atoms with Gasteiger partial charge in [-0.15, -0.1) is 0 Å². The van der Waals surface area contributed by atoms with Crippen molar-refractivity contribution in [1.82, 2.24) is 15.5 Å². The molecule has 0 saturated carbocycles. The molecular weight excluding hydrogens is 386 g/mol. The number of piperidine rings is 1. The van der Waals surface area contributed by atoms with E-state index in [1.54, 1.807) is 0 Å². The number of hydrogen-bond acceptors (Lipinski definition) is 2. The van der Waals surface area contributed by atoms with E-state index in [0.29, 0.717) is 12.1 Å². The van der Waals surface area contributed by atoms with E-state index in [1.807, 2.05) is 43.9 Å². The fourth-order valence-corrected chi connectivity index (χ4v) is 4.11. The quantitative estimate of drug-likeness (QED) is 0.687. The van der Waals surface area contributed by atoms with E-state index >= 15 is 0 Å². The maximum absolute atomic E-state index is 12.9. The van der Waals surface area contributed by atoms with Crippen molar-refractivity contribution in [2.24, 2.45) is 0 Å². The molecule has 1 heterocycles. The zero-order chi connectivity index (χ0) is 22.4. The van der Waals surface area contributed by atoms with Gasteiger partial charge in [0, 0.05) is 30.6 Å². The van der Waals surface area contributed by atoms with Gasteiger partial charge in [-0.05, 0) is 68.9 Å². The van der Waals surface area contributed by atoms with Gasteiger partial charge in [0.1, 0.15) is 0 Å². The van der Waals surface area contributed by atoms with Gasteiger partial charge in [-0.1, -0.05) is 43.3 Å². The Morgan fingerprint density at radius 2 is 1.81 bits per heavy atom. The summed E-state index contributed by atoms with van der Waals surface area (Å²) < 4.78 is 0. The standard InChI is InChI=1S/C26H35N3O2/c1-5-20-11-13-21(14-12-20)19(4)28-25(30)23-9-6-8-22(16-23)24-10-7-15-29(17-24)26(31)27-18(2)3/h6,8-9,11-14,16,18-19,24H,5,7,10,15,17H2,1-4H3,(H,27,31)(H,28,30)/t19-,24+/m1/s1. The number of aryl methyl sites for hydroxylation is 1. The maximum Gasteiger partial charge on any atom is 0.317 e. The first-order valence-electron chi connectivity index (χ1n) is 11.4. The van der Waals surface area contributed by atoms with Gasteiger partial charge < -0.3 is 15.5 Å². The van der Waals surface area contributed by atoms with Gasteiger partial charge in [-0.25, -0.2) is 4.79 Å². The average Bonchev–Trinajstić information content (AvgIpc) is 2.78. The van der Waals surface area contributed by atoms with Crippen LogP contribution in [0.2, 0.25) is 0 Å². The Balaban J connectivity index is 1.66. The van der Waals surface area contributed by atoms with Gasteiger partial charge in [-0.3, -0.25) is 4.79 Å². The van der Waals surface area contributed by atoms with Crippen molar-refractivity contribution in [2.75, 3.05) is 13.1 Å². The molecule has 0 aliphatic carbocycles. The maximum atomic E-state index is 12.9. The molecule has 166 valence electrons. The molecule has 1 aliphatic rings. The number of carbonyl (C=O) groups is 2. The summed E-state index contributed by atoms with van der Waals surface area (Å²) in [5.74, 6) is 0.178. The highest BCUT2D eigenvalue weighted by atomic mass is 16.2. The summed E-state index contributed by atoms with van der Waals surface area (Å²) in [6, 6.07) is 16.3. The molecule has 5 heteroatoms. The molecule has 0 aromatic heterocycles. The van der Waals surface area contributed by atoms with E-state index in [-0.39, 0.29) is 29.9 Å². The minimum absolute atomic E-state index is 0.00323. The summed E-state index contributed by atoms with van der Waals surface area (Å²) in [7, 11) is 0. The Bertz CT molecular complexity index is 892. The third-order valence-corrected chi connectivity index (χ3v) is 5.98. The molecular formula is C26H35N3O2. The van der Waals surface area contributed by atoms with Crippen LogP contribution in [0.3, 0.4) is 0 Å². The molecule has 0 bridgehead atoms. The molecule has 0 spiro atoms. The van der Waals surface area contributed by atoms with Crippen LogP contribution in [0.5, 0.6) is 0 Å². The Hall–Kier alpha value is -2.82. The lowest BCUT2D eigenvalue weighted by Gasteiger charge is -2.33. The molecule has 1 saturated heterocycles. The second kappa shape index (κ2) is 10.5. The Morgan fingerprint density at radius 3 is 2.48 bits per heavy atom. The largest absolute Gasteiger partial charge is 0.346 e. The Labute approximate surface area is 186 Å². The van der Waals surface area contributed by atoms with E-state index in [4.69, 9.17) is 0 Å². The van der Waals surface area contributed by atoms with Crippen LogP contribution in [0, 0.1) is 0 Å². The molecule has 1 fully saturated rings. The minimum Gasteiger partial charge on any atom is -0.346 e. The number of carbonyl (C=O) groups excluding carboxylic acids is 2. The highest BCUT2D eigenvalue weighted by molar-refractivity contribution is 5.94. The highest BCUT2D eigenvalue weighted by Crippen LogP contribution is 2.28. The van der Waals surface area contributed by atoms with Crippen molar-refractivity contribution in [3.8, 4) is 0 Å². The predicted molar refractivity (Wildman–Crippen MR) is 125 cm³/mol. The highest BCUT2D eigenvalue weighted by Gasteiger charge is 2.25. The van der Waals surface area contributed by atoms with Crippen molar-refractivity contribution in [3.05, 3.63) is 70.8 Å². The molecule has 2 aromatic rings. The summed E-state index contributed by atoms with van der Waals surface area (Å²) in [5.41, 5.74) is 4.17.